The summed E-state index contributed by atoms with van der Waals surface area (Å²) >= 11 is 6.08. The molecule has 0 aliphatic heterocycles. The summed E-state index contributed by atoms with van der Waals surface area (Å²) in [4.78, 5) is 35.3. The molecule has 3 N–H and O–H groups in total. The molecule has 2 rings (SSSR count). The Kier molecular flexibility index (Phi) is 7.83. The topological polar surface area (TPSA) is 96.5 Å². The van der Waals surface area contributed by atoms with E-state index >= 15 is 0 Å². The van der Waals surface area contributed by atoms with Crippen molar-refractivity contribution in [2.45, 2.75) is 26.7 Å². The van der Waals surface area contributed by atoms with Crippen molar-refractivity contribution in [2.24, 2.45) is 0 Å². The van der Waals surface area contributed by atoms with Gasteiger partial charge < -0.3 is 10.1 Å². The molecule has 7 nitrogen and oxygen atoms in total. The molecule has 2 aromatic carbocycles. The minimum atomic E-state index is -0.521. The SMILES string of the molecule is Cc1cc(OCC(=O)NNC(=O)CCC(=O)Nc2ccccc2)cc(C)c1Cl. The zero-order valence-corrected chi connectivity index (χ0v) is 16.4. The third-order valence-electron chi connectivity index (χ3n) is 3.76. The van der Waals surface area contributed by atoms with Crippen molar-refractivity contribution in [1.82, 2.24) is 10.9 Å². The van der Waals surface area contributed by atoms with E-state index in [0.29, 0.717) is 16.5 Å². The maximum atomic E-state index is 11.8. The number of carbonyl (C=O) groups is 3. The summed E-state index contributed by atoms with van der Waals surface area (Å²) < 4.78 is 5.40. The largest absolute Gasteiger partial charge is 0.484 e. The number of nitrogens with one attached hydrogen (secondary N) is 3. The number of benzene rings is 2. The number of hydrogen-bond acceptors (Lipinski definition) is 4. The minimum absolute atomic E-state index is 0.00355. The van der Waals surface area contributed by atoms with Gasteiger partial charge in [-0.2, -0.15) is 0 Å². The van der Waals surface area contributed by atoms with Crippen LogP contribution in [-0.2, 0) is 14.4 Å². The monoisotopic (exact) mass is 403 g/mol. The molecule has 3 amide bonds. The number of para-hydroxylation sites is 1. The highest BCUT2D eigenvalue weighted by molar-refractivity contribution is 6.32. The van der Waals surface area contributed by atoms with E-state index in [0.717, 1.165) is 11.1 Å². The predicted octanol–water partition coefficient (Wildman–Crippen LogP) is 2.90. The van der Waals surface area contributed by atoms with Crippen LogP contribution in [-0.4, -0.2) is 24.3 Å². The predicted molar refractivity (Wildman–Crippen MR) is 107 cm³/mol. The van der Waals surface area contributed by atoms with Gasteiger partial charge in [0.2, 0.25) is 11.8 Å². The Balaban J connectivity index is 1.66. The van der Waals surface area contributed by atoms with Gasteiger partial charge >= 0.3 is 0 Å². The standard InChI is InChI=1S/C20H22ClN3O4/c1-13-10-16(11-14(2)20(13)21)28-12-19(27)24-23-18(26)9-8-17(25)22-15-6-4-3-5-7-15/h3-7,10-11H,8-9,12H2,1-2H3,(H,22,25)(H,23,26)(H,24,27). The first-order chi connectivity index (χ1) is 13.3. The Labute approximate surface area is 168 Å². The van der Waals surface area contributed by atoms with Gasteiger partial charge in [-0.3, -0.25) is 25.2 Å². The lowest BCUT2D eigenvalue weighted by Gasteiger charge is -2.11. The first-order valence-corrected chi connectivity index (χ1v) is 9.05. The summed E-state index contributed by atoms with van der Waals surface area (Å²) in [5, 5.41) is 3.33. The number of amides is 3. The number of halogens is 1. The molecule has 0 aliphatic rings. The summed E-state index contributed by atoms with van der Waals surface area (Å²) in [6.45, 7) is 3.42. The van der Waals surface area contributed by atoms with Gasteiger partial charge in [0.25, 0.3) is 5.91 Å². The molecular formula is C20H22ClN3O4. The zero-order valence-electron chi connectivity index (χ0n) is 15.7. The third kappa shape index (κ3) is 6.92. The lowest BCUT2D eigenvalue weighted by Crippen LogP contribution is -2.44. The van der Waals surface area contributed by atoms with Crippen LogP contribution in [0.4, 0.5) is 5.69 Å². The van der Waals surface area contributed by atoms with Crippen LogP contribution in [0, 0.1) is 13.8 Å². The molecule has 0 heterocycles. The van der Waals surface area contributed by atoms with E-state index < -0.39 is 11.8 Å². The van der Waals surface area contributed by atoms with E-state index in [1.54, 1.807) is 36.4 Å². The second-order valence-corrected chi connectivity index (χ2v) is 6.55. The molecule has 0 saturated heterocycles. The number of rotatable bonds is 7. The lowest BCUT2D eigenvalue weighted by molar-refractivity contribution is -0.130. The van der Waals surface area contributed by atoms with Gasteiger partial charge in [-0.25, -0.2) is 0 Å². The van der Waals surface area contributed by atoms with Crippen molar-refractivity contribution < 1.29 is 19.1 Å². The van der Waals surface area contributed by atoms with Crippen LogP contribution in [0.2, 0.25) is 5.02 Å². The van der Waals surface area contributed by atoms with E-state index in [4.69, 9.17) is 16.3 Å². The van der Waals surface area contributed by atoms with Crippen LogP contribution >= 0.6 is 11.6 Å². The van der Waals surface area contributed by atoms with Crippen LogP contribution in [0.15, 0.2) is 42.5 Å². The summed E-state index contributed by atoms with van der Waals surface area (Å²) in [7, 11) is 0. The number of anilines is 1. The number of ether oxygens (including phenoxy) is 1. The van der Waals surface area contributed by atoms with Gasteiger partial charge in [-0.05, 0) is 49.2 Å². The number of hydrogen-bond donors (Lipinski definition) is 3. The average molecular weight is 404 g/mol. The Morgan fingerprint density at radius 3 is 2.11 bits per heavy atom. The van der Waals surface area contributed by atoms with E-state index in [1.165, 1.54) is 0 Å². The van der Waals surface area contributed by atoms with Crippen molar-refractivity contribution in [3.8, 4) is 5.75 Å². The Bertz CT molecular complexity index is 833. The van der Waals surface area contributed by atoms with Gasteiger partial charge in [-0.15, -0.1) is 0 Å². The fraction of sp³-hybridized carbons (Fsp3) is 0.250. The zero-order chi connectivity index (χ0) is 20.5. The molecule has 0 aromatic heterocycles. The summed E-state index contributed by atoms with van der Waals surface area (Å²) in [6, 6.07) is 12.4. The van der Waals surface area contributed by atoms with Gasteiger partial charge in [0.05, 0.1) is 0 Å². The molecule has 0 saturated carbocycles. The van der Waals surface area contributed by atoms with Crippen molar-refractivity contribution in [2.75, 3.05) is 11.9 Å². The van der Waals surface area contributed by atoms with Gasteiger partial charge in [0.15, 0.2) is 6.61 Å². The maximum Gasteiger partial charge on any atom is 0.276 e. The fourth-order valence-electron chi connectivity index (χ4n) is 2.35. The van der Waals surface area contributed by atoms with Crippen LogP contribution in [0.1, 0.15) is 24.0 Å². The molecule has 0 radical (unpaired) electrons. The molecule has 0 unspecified atom stereocenters. The van der Waals surface area contributed by atoms with Crippen LogP contribution in [0.25, 0.3) is 0 Å². The molecule has 148 valence electrons. The summed E-state index contributed by atoms with van der Waals surface area (Å²) in [6.07, 6.45) is -0.0637. The van der Waals surface area contributed by atoms with Crippen LogP contribution < -0.4 is 20.9 Å². The first-order valence-electron chi connectivity index (χ1n) is 8.67. The Morgan fingerprint density at radius 2 is 1.46 bits per heavy atom. The first kappa shape index (κ1) is 21.2. The molecule has 0 aliphatic carbocycles. The molecule has 0 bridgehead atoms. The van der Waals surface area contributed by atoms with Gasteiger partial charge in [0.1, 0.15) is 5.75 Å². The van der Waals surface area contributed by atoms with E-state index in [9.17, 15) is 14.4 Å². The fourth-order valence-corrected chi connectivity index (χ4v) is 2.46. The quantitative estimate of drug-likeness (QED) is 0.619. The lowest BCUT2D eigenvalue weighted by atomic mass is 10.1. The molecular weight excluding hydrogens is 382 g/mol. The van der Waals surface area contributed by atoms with Crippen molar-refractivity contribution in [1.29, 1.82) is 0 Å². The Morgan fingerprint density at radius 1 is 0.893 bits per heavy atom. The minimum Gasteiger partial charge on any atom is -0.484 e. The highest BCUT2D eigenvalue weighted by Crippen LogP contribution is 2.25. The molecule has 0 atom stereocenters. The highest BCUT2D eigenvalue weighted by Gasteiger charge is 2.10. The second-order valence-electron chi connectivity index (χ2n) is 6.17. The van der Waals surface area contributed by atoms with E-state index in [-0.39, 0.29) is 25.4 Å². The number of hydrazine groups is 1. The van der Waals surface area contributed by atoms with Crippen molar-refractivity contribution >= 4 is 35.0 Å². The molecule has 0 fully saturated rings. The number of aryl methyl sites for hydroxylation is 2. The van der Waals surface area contributed by atoms with Crippen molar-refractivity contribution in [3.05, 3.63) is 58.6 Å². The molecule has 2 aromatic rings. The van der Waals surface area contributed by atoms with Gasteiger partial charge in [0, 0.05) is 23.6 Å². The smallest absolute Gasteiger partial charge is 0.276 e. The summed E-state index contributed by atoms with van der Waals surface area (Å²) in [5.41, 5.74) is 6.85. The van der Waals surface area contributed by atoms with Crippen molar-refractivity contribution in [3.63, 3.8) is 0 Å². The normalized spacial score (nSPS) is 10.1. The van der Waals surface area contributed by atoms with E-state index in [1.807, 2.05) is 19.9 Å². The van der Waals surface area contributed by atoms with E-state index in [2.05, 4.69) is 16.2 Å². The Hall–Kier alpha value is -3.06. The maximum absolute atomic E-state index is 11.8. The average Bonchev–Trinajstić information content (AvgIpc) is 2.68. The van der Waals surface area contributed by atoms with Crippen LogP contribution in [0.3, 0.4) is 0 Å². The summed E-state index contributed by atoms with van der Waals surface area (Å²) in [5.74, 6) is -0.773. The molecule has 8 heteroatoms. The van der Waals surface area contributed by atoms with Crippen LogP contribution in [0.5, 0.6) is 5.75 Å². The third-order valence-corrected chi connectivity index (χ3v) is 4.35. The molecule has 28 heavy (non-hydrogen) atoms. The van der Waals surface area contributed by atoms with Gasteiger partial charge in [-0.1, -0.05) is 29.8 Å². The number of carbonyl (C=O) groups excluding carboxylic acids is 3. The second kappa shape index (κ2) is 10.3. The molecule has 0 spiro atoms. The highest BCUT2D eigenvalue weighted by atomic mass is 35.5.